The molecule has 90 valence electrons. The van der Waals surface area contributed by atoms with Crippen molar-refractivity contribution < 1.29 is 9.53 Å². The van der Waals surface area contributed by atoms with Gasteiger partial charge in [-0.25, -0.2) is 0 Å². The van der Waals surface area contributed by atoms with Gasteiger partial charge in [-0.3, -0.25) is 4.79 Å². The number of methoxy groups -OCH3 is 1. The lowest BCUT2D eigenvalue weighted by Gasteiger charge is -2.25. The Morgan fingerprint density at radius 2 is 2.13 bits per heavy atom. The van der Waals surface area contributed by atoms with Crippen LogP contribution in [0.15, 0.2) is 0 Å². The Kier molecular flexibility index (Phi) is 7.88. The number of carbonyl (C=O) groups excluding carboxylic acids is 1. The summed E-state index contributed by atoms with van der Waals surface area (Å²) in [6.07, 6.45) is 3.08. The fourth-order valence-electron chi connectivity index (χ4n) is 1.33. The quantitative estimate of drug-likeness (QED) is 0.514. The molecule has 0 aliphatic heterocycles. The molecule has 0 radical (unpaired) electrons. The van der Waals surface area contributed by atoms with Crippen molar-refractivity contribution in [2.24, 2.45) is 0 Å². The molecule has 0 saturated heterocycles. The van der Waals surface area contributed by atoms with E-state index in [0.29, 0.717) is 0 Å². The van der Waals surface area contributed by atoms with Crippen molar-refractivity contribution in [3.63, 3.8) is 0 Å². The molecule has 0 aromatic rings. The standard InChI is InChI=1S/C11H23NO2S/c1-5-8-15-9-6-7-11(2,12-3)10(13)14-4/h12H,5-9H2,1-4H3. The molecule has 1 N–H and O–H groups in total. The van der Waals surface area contributed by atoms with Gasteiger partial charge in [0.1, 0.15) is 5.54 Å². The molecule has 0 aromatic carbocycles. The maximum Gasteiger partial charge on any atom is 0.325 e. The third-order valence-corrected chi connectivity index (χ3v) is 3.78. The first-order chi connectivity index (χ1) is 7.10. The monoisotopic (exact) mass is 233 g/mol. The van der Waals surface area contributed by atoms with Crippen LogP contribution in [0.1, 0.15) is 33.1 Å². The van der Waals surface area contributed by atoms with E-state index in [9.17, 15) is 4.79 Å². The smallest absolute Gasteiger partial charge is 0.325 e. The van der Waals surface area contributed by atoms with Crippen LogP contribution in [0.2, 0.25) is 0 Å². The van der Waals surface area contributed by atoms with Crippen molar-refractivity contribution in [2.45, 2.75) is 38.6 Å². The molecule has 0 aliphatic rings. The van der Waals surface area contributed by atoms with E-state index in [-0.39, 0.29) is 5.97 Å². The minimum atomic E-state index is -0.526. The zero-order chi connectivity index (χ0) is 11.7. The van der Waals surface area contributed by atoms with E-state index in [1.807, 2.05) is 18.7 Å². The average Bonchev–Trinajstić information content (AvgIpc) is 2.27. The van der Waals surface area contributed by atoms with E-state index in [1.54, 1.807) is 7.05 Å². The van der Waals surface area contributed by atoms with E-state index >= 15 is 0 Å². The number of nitrogens with one attached hydrogen (secondary N) is 1. The summed E-state index contributed by atoms with van der Waals surface area (Å²) < 4.78 is 4.78. The van der Waals surface area contributed by atoms with Crippen LogP contribution in [0, 0.1) is 0 Å². The molecule has 3 nitrogen and oxygen atoms in total. The van der Waals surface area contributed by atoms with Gasteiger partial charge in [0, 0.05) is 0 Å². The number of hydrogen-bond donors (Lipinski definition) is 1. The van der Waals surface area contributed by atoms with Gasteiger partial charge in [-0.2, -0.15) is 11.8 Å². The molecule has 0 saturated carbocycles. The number of rotatable bonds is 8. The first kappa shape index (κ1) is 14.8. The second-order valence-corrected chi connectivity index (χ2v) is 5.01. The Bertz CT molecular complexity index is 187. The highest BCUT2D eigenvalue weighted by Gasteiger charge is 2.31. The second-order valence-electron chi connectivity index (χ2n) is 3.79. The van der Waals surface area contributed by atoms with Crippen LogP contribution in [0.4, 0.5) is 0 Å². The minimum absolute atomic E-state index is 0.175. The molecule has 1 unspecified atom stereocenters. The molecule has 0 amide bonds. The van der Waals surface area contributed by atoms with Crippen LogP contribution in [-0.4, -0.2) is 37.2 Å². The number of hydrogen-bond acceptors (Lipinski definition) is 4. The maximum absolute atomic E-state index is 11.5. The highest BCUT2D eigenvalue weighted by molar-refractivity contribution is 7.99. The molecular weight excluding hydrogens is 210 g/mol. The number of carbonyl (C=O) groups is 1. The van der Waals surface area contributed by atoms with Crippen molar-refractivity contribution in [2.75, 3.05) is 25.7 Å². The van der Waals surface area contributed by atoms with E-state index < -0.39 is 5.54 Å². The normalized spacial score (nSPS) is 14.7. The van der Waals surface area contributed by atoms with E-state index in [2.05, 4.69) is 12.2 Å². The molecule has 0 fully saturated rings. The molecule has 0 bridgehead atoms. The van der Waals surface area contributed by atoms with Gasteiger partial charge in [0.2, 0.25) is 0 Å². The van der Waals surface area contributed by atoms with Crippen LogP contribution < -0.4 is 5.32 Å². The minimum Gasteiger partial charge on any atom is -0.468 e. The zero-order valence-corrected chi connectivity index (χ0v) is 11.1. The number of likely N-dealkylation sites (N-methyl/N-ethyl adjacent to an activating group) is 1. The fraction of sp³-hybridized carbons (Fsp3) is 0.909. The molecule has 0 rings (SSSR count). The van der Waals surface area contributed by atoms with Gasteiger partial charge in [0.15, 0.2) is 0 Å². The summed E-state index contributed by atoms with van der Waals surface area (Å²) in [6, 6.07) is 0. The van der Waals surface area contributed by atoms with E-state index in [1.165, 1.54) is 19.3 Å². The zero-order valence-electron chi connectivity index (χ0n) is 10.3. The largest absolute Gasteiger partial charge is 0.468 e. The lowest BCUT2D eigenvalue weighted by atomic mass is 9.97. The van der Waals surface area contributed by atoms with Crippen LogP contribution in [0.5, 0.6) is 0 Å². The lowest BCUT2D eigenvalue weighted by Crippen LogP contribution is -2.48. The van der Waals surface area contributed by atoms with Crippen LogP contribution in [0.25, 0.3) is 0 Å². The number of thioether (sulfide) groups is 1. The Labute approximate surface area is 97.3 Å². The topological polar surface area (TPSA) is 38.3 Å². The first-order valence-corrected chi connectivity index (χ1v) is 6.61. The predicted octanol–water partition coefficient (Wildman–Crippen LogP) is 2.06. The Hall–Kier alpha value is -0.220. The summed E-state index contributed by atoms with van der Waals surface area (Å²) in [5, 5.41) is 3.04. The Morgan fingerprint density at radius 1 is 1.47 bits per heavy atom. The van der Waals surface area contributed by atoms with Crippen molar-refractivity contribution in [1.82, 2.24) is 5.32 Å². The summed E-state index contributed by atoms with van der Waals surface area (Å²) in [4.78, 5) is 11.5. The van der Waals surface area contributed by atoms with Crippen LogP contribution >= 0.6 is 11.8 Å². The molecule has 0 heterocycles. The van der Waals surface area contributed by atoms with Gasteiger partial charge in [-0.05, 0) is 44.7 Å². The van der Waals surface area contributed by atoms with Crippen molar-refractivity contribution >= 4 is 17.7 Å². The van der Waals surface area contributed by atoms with Gasteiger partial charge >= 0.3 is 5.97 Å². The molecule has 4 heteroatoms. The van der Waals surface area contributed by atoms with Gasteiger partial charge in [-0.1, -0.05) is 6.92 Å². The van der Waals surface area contributed by atoms with E-state index in [0.717, 1.165) is 18.6 Å². The Balaban J connectivity index is 3.83. The van der Waals surface area contributed by atoms with E-state index in [4.69, 9.17) is 4.74 Å². The maximum atomic E-state index is 11.5. The summed E-state index contributed by atoms with van der Waals surface area (Å²) in [7, 11) is 3.24. The predicted molar refractivity (Wildman–Crippen MR) is 66.3 cm³/mol. The molecule has 1 atom stereocenters. The highest BCUT2D eigenvalue weighted by Crippen LogP contribution is 2.16. The van der Waals surface area contributed by atoms with Gasteiger partial charge < -0.3 is 10.1 Å². The highest BCUT2D eigenvalue weighted by atomic mass is 32.2. The molecule has 0 aliphatic carbocycles. The molecule has 15 heavy (non-hydrogen) atoms. The van der Waals surface area contributed by atoms with Crippen LogP contribution in [-0.2, 0) is 9.53 Å². The van der Waals surface area contributed by atoms with Crippen molar-refractivity contribution in [1.29, 1.82) is 0 Å². The van der Waals surface area contributed by atoms with Crippen molar-refractivity contribution in [3.8, 4) is 0 Å². The van der Waals surface area contributed by atoms with Crippen LogP contribution in [0.3, 0.4) is 0 Å². The summed E-state index contributed by atoms with van der Waals surface area (Å²) in [6.45, 7) is 4.07. The summed E-state index contributed by atoms with van der Waals surface area (Å²) in [5.74, 6) is 2.14. The first-order valence-electron chi connectivity index (χ1n) is 5.45. The fourth-order valence-corrected chi connectivity index (χ4v) is 2.17. The number of esters is 1. The molecule has 0 aromatic heterocycles. The summed E-state index contributed by atoms with van der Waals surface area (Å²) >= 11 is 1.94. The average molecular weight is 233 g/mol. The van der Waals surface area contributed by atoms with Gasteiger partial charge in [0.25, 0.3) is 0 Å². The van der Waals surface area contributed by atoms with Gasteiger partial charge in [0.05, 0.1) is 7.11 Å². The lowest BCUT2D eigenvalue weighted by molar-refractivity contribution is -0.148. The number of ether oxygens (including phenoxy) is 1. The SMILES string of the molecule is CCCSCCCC(C)(NC)C(=O)OC. The van der Waals surface area contributed by atoms with Gasteiger partial charge in [-0.15, -0.1) is 0 Å². The second kappa shape index (κ2) is 7.99. The molecular formula is C11H23NO2S. The summed E-state index contributed by atoms with van der Waals surface area (Å²) in [5.41, 5.74) is -0.526. The third-order valence-electron chi connectivity index (χ3n) is 2.50. The molecule has 0 spiro atoms. The Morgan fingerprint density at radius 3 is 2.60 bits per heavy atom. The van der Waals surface area contributed by atoms with Crippen molar-refractivity contribution in [3.05, 3.63) is 0 Å². The third kappa shape index (κ3) is 5.42.